The minimum Gasteiger partial charge on any atom is -0.450 e. The minimum absolute atomic E-state index is 0.0582. The zero-order valence-electron chi connectivity index (χ0n) is 15.6. The molecule has 3 rings (SSSR count). The minimum atomic E-state index is -0.306. The van der Waals surface area contributed by atoms with E-state index in [0.29, 0.717) is 38.5 Å². The Bertz CT molecular complexity index is 800. The highest BCUT2D eigenvalue weighted by Crippen LogP contribution is 2.23. The van der Waals surface area contributed by atoms with E-state index < -0.39 is 0 Å². The predicted molar refractivity (Wildman–Crippen MR) is 104 cm³/mol. The van der Waals surface area contributed by atoms with E-state index in [1.807, 2.05) is 29.0 Å². The van der Waals surface area contributed by atoms with Crippen molar-refractivity contribution in [2.75, 3.05) is 38.5 Å². The van der Waals surface area contributed by atoms with Crippen LogP contribution in [0.5, 0.6) is 0 Å². The highest BCUT2D eigenvalue weighted by molar-refractivity contribution is 7.99. The predicted octanol–water partition coefficient (Wildman–Crippen LogP) is 2.57. The quantitative estimate of drug-likeness (QED) is 0.737. The van der Waals surface area contributed by atoms with Crippen molar-refractivity contribution in [3.8, 4) is 5.69 Å². The second-order valence-electron chi connectivity index (χ2n) is 6.22. The molecule has 0 radical (unpaired) electrons. The van der Waals surface area contributed by atoms with Crippen LogP contribution in [-0.4, -0.2) is 69.9 Å². The fourth-order valence-electron chi connectivity index (χ4n) is 2.98. The summed E-state index contributed by atoms with van der Waals surface area (Å²) in [5, 5.41) is 0.794. The van der Waals surface area contributed by atoms with Crippen LogP contribution in [0.4, 0.5) is 4.79 Å². The number of rotatable bonds is 5. The number of para-hydroxylation sites is 1. The molecule has 27 heavy (non-hydrogen) atoms. The van der Waals surface area contributed by atoms with E-state index in [1.165, 1.54) is 11.8 Å². The number of ether oxygens (including phenoxy) is 1. The molecule has 2 amide bonds. The summed E-state index contributed by atoms with van der Waals surface area (Å²) in [6, 6.07) is 8.09. The van der Waals surface area contributed by atoms with Crippen LogP contribution < -0.4 is 0 Å². The average Bonchev–Trinajstić information content (AvgIpc) is 3.15. The van der Waals surface area contributed by atoms with Crippen LogP contribution in [0, 0.1) is 6.92 Å². The van der Waals surface area contributed by atoms with Gasteiger partial charge in [0, 0.05) is 38.6 Å². The number of nitrogens with zero attached hydrogens (tertiary/aromatic N) is 4. The fourth-order valence-corrected chi connectivity index (χ4v) is 3.85. The zero-order valence-corrected chi connectivity index (χ0v) is 16.4. The van der Waals surface area contributed by atoms with E-state index in [1.54, 1.807) is 22.9 Å². The molecule has 1 aromatic heterocycles. The summed E-state index contributed by atoms with van der Waals surface area (Å²) >= 11 is 1.43. The lowest BCUT2D eigenvalue weighted by atomic mass is 10.2. The molecule has 0 unspecified atom stereocenters. The van der Waals surface area contributed by atoms with Gasteiger partial charge in [-0.1, -0.05) is 30.0 Å². The maximum absolute atomic E-state index is 12.5. The Kier molecular flexibility index (Phi) is 6.39. The molecule has 2 heterocycles. The summed E-state index contributed by atoms with van der Waals surface area (Å²) in [7, 11) is 0. The maximum atomic E-state index is 12.5. The Morgan fingerprint density at radius 1 is 1.15 bits per heavy atom. The van der Waals surface area contributed by atoms with Gasteiger partial charge in [-0.15, -0.1) is 0 Å². The van der Waals surface area contributed by atoms with Crippen molar-refractivity contribution in [3.05, 3.63) is 42.2 Å². The molecule has 1 aliphatic rings. The number of benzene rings is 1. The monoisotopic (exact) mass is 388 g/mol. The fraction of sp³-hybridized carbons (Fsp3) is 0.421. The van der Waals surface area contributed by atoms with Gasteiger partial charge in [0.1, 0.15) is 0 Å². The third kappa shape index (κ3) is 4.63. The lowest BCUT2D eigenvalue weighted by Gasteiger charge is -2.34. The summed E-state index contributed by atoms with van der Waals surface area (Å²) in [5.74, 6) is 0.380. The number of thioether (sulfide) groups is 1. The number of aryl methyl sites for hydroxylation is 1. The van der Waals surface area contributed by atoms with Crippen LogP contribution in [0.15, 0.2) is 41.8 Å². The van der Waals surface area contributed by atoms with Crippen molar-refractivity contribution in [2.24, 2.45) is 0 Å². The maximum Gasteiger partial charge on any atom is 0.409 e. The van der Waals surface area contributed by atoms with Gasteiger partial charge < -0.3 is 14.5 Å². The molecule has 0 bridgehead atoms. The molecule has 0 N–H and O–H groups in total. The standard InChI is InChI=1S/C19H24N4O3S/c1-3-26-19(25)22-12-10-21(11-13-22)17(24)14-27-18-20-8-9-23(18)16-7-5-4-6-15(16)2/h4-9H,3,10-14H2,1-2H3. The SMILES string of the molecule is CCOC(=O)N1CCN(C(=O)CSc2nccn2-c2ccccc2C)CC1. The van der Waals surface area contributed by atoms with E-state index in [9.17, 15) is 9.59 Å². The van der Waals surface area contributed by atoms with Gasteiger partial charge in [-0.25, -0.2) is 9.78 Å². The first-order chi connectivity index (χ1) is 13.1. The Balaban J connectivity index is 1.55. The third-order valence-electron chi connectivity index (χ3n) is 4.46. The van der Waals surface area contributed by atoms with Gasteiger partial charge >= 0.3 is 6.09 Å². The summed E-state index contributed by atoms with van der Waals surface area (Å²) in [6.45, 7) is 6.28. The summed E-state index contributed by atoms with van der Waals surface area (Å²) in [6.07, 6.45) is 3.35. The highest BCUT2D eigenvalue weighted by atomic mass is 32.2. The van der Waals surface area contributed by atoms with Crippen LogP contribution in [0.3, 0.4) is 0 Å². The number of carbonyl (C=O) groups excluding carboxylic acids is 2. The zero-order chi connectivity index (χ0) is 19.2. The molecule has 0 saturated carbocycles. The first-order valence-electron chi connectivity index (χ1n) is 9.01. The number of aromatic nitrogens is 2. The number of carbonyl (C=O) groups is 2. The molecule has 8 heteroatoms. The van der Waals surface area contributed by atoms with E-state index >= 15 is 0 Å². The molecule has 144 valence electrons. The highest BCUT2D eigenvalue weighted by Gasteiger charge is 2.25. The van der Waals surface area contributed by atoms with Gasteiger partial charge in [0.25, 0.3) is 0 Å². The topological polar surface area (TPSA) is 67.7 Å². The van der Waals surface area contributed by atoms with Crippen molar-refractivity contribution in [1.82, 2.24) is 19.4 Å². The molecular formula is C19H24N4O3S. The van der Waals surface area contributed by atoms with Crippen LogP contribution in [-0.2, 0) is 9.53 Å². The van der Waals surface area contributed by atoms with Crippen LogP contribution in [0.25, 0.3) is 5.69 Å². The van der Waals surface area contributed by atoms with Gasteiger partial charge in [-0.2, -0.15) is 0 Å². The van der Waals surface area contributed by atoms with Crippen molar-refractivity contribution >= 4 is 23.8 Å². The molecule has 7 nitrogen and oxygen atoms in total. The van der Waals surface area contributed by atoms with E-state index in [-0.39, 0.29) is 12.0 Å². The molecular weight excluding hydrogens is 364 g/mol. The first-order valence-corrected chi connectivity index (χ1v) is 10.0. The number of hydrogen-bond acceptors (Lipinski definition) is 5. The van der Waals surface area contributed by atoms with Crippen molar-refractivity contribution in [3.63, 3.8) is 0 Å². The van der Waals surface area contributed by atoms with Gasteiger partial charge in [0.2, 0.25) is 5.91 Å². The number of hydrogen-bond donors (Lipinski definition) is 0. The van der Waals surface area contributed by atoms with Gasteiger partial charge in [-0.3, -0.25) is 9.36 Å². The Morgan fingerprint density at radius 2 is 1.85 bits per heavy atom. The Labute approximate surface area is 163 Å². The van der Waals surface area contributed by atoms with E-state index in [4.69, 9.17) is 4.74 Å². The number of amides is 2. The van der Waals surface area contributed by atoms with Gasteiger partial charge in [-0.05, 0) is 25.5 Å². The molecule has 1 aromatic carbocycles. The number of imidazole rings is 1. The van der Waals surface area contributed by atoms with Crippen LogP contribution in [0.2, 0.25) is 0 Å². The first kappa shape index (κ1) is 19.3. The summed E-state index contributed by atoms with van der Waals surface area (Å²) in [4.78, 5) is 32.1. The molecule has 0 spiro atoms. The molecule has 1 fully saturated rings. The Hall–Kier alpha value is -2.48. The Morgan fingerprint density at radius 3 is 2.56 bits per heavy atom. The lowest BCUT2D eigenvalue weighted by Crippen LogP contribution is -2.51. The number of piperazine rings is 1. The normalized spacial score (nSPS) is 14.3. The molecule has 1 saturated heterocycles. The van der Waals surface area contributed by atoms with Crippen molar-refractivity contribution < 1.29 is 14.3 Å². The summed E-state index contributed by atoms with van der Waals surface area (Å²) < 4.78 is 7.01. The molecule has 2 aromatic rings. The molecule has 1 aliphatic heterocycles. The van der Waals surface area contributed by atoms with Crippen molar-refractivity contribution in [2.45, 2.75) is 19.0 Å². The lowest BCUT2D eigenvalue weighted by molar-refractivity contribution is -0.129. The van der Waals surface area contributed by atoms with Gasteiger partial charge in [0.05, 0.1) is 18.0 Å². The second kappa shape index (κ2) is 8.94. The molecule has 0 aliphatic carbocycles. The molecule has 0 atom stereocenters. The third-order valence-corrected chi connectivity index (χ3v) is 5.42. The van der Waals surface area contributed by atoms with E-state index in [0.717, 1.165) is 16.4 Å². The van der Waals surface area contributed by atoms with Crippen LogP contribution >= 0.6 is 11.8 Å². The van der Waals surface area contributed by atoms with Crippen molar-refractivity contribution in [1.29, 1.82) is 0 Å². The van der Waals surface area contributed by atoms with Crippen LogP contribution in [0.1, 0.15) is 12.5 Å². The van der Waals surface area contributed by atoms with Gasteiger partial charge in [0.15, 0.2) is 5.16 Å². The van der Waals surface area contributed by atoms with E-state index in [2.05, 4.69) is 18.0 Å². The average molecular weight is 388 g/mol. The second-order valence-corrected chi connectivity index (χ2v) is 7.16. The summed E-state index contributed by atoms with van der Waals surface area (Å²) in [5.41, 5.74) is 2.21. The largest absolute Gasteiger partial charge is 0.450 e. The smallest absolute Gasteiger partial charge is 0.409 e.